The minimum absolute atomic E-state index is 0.281. The van der Waals surface area contributed by atoms with E-state index in [0.29, 0.717) is 11.3 Å². The second kappa shape index (κ2) is 6.08. The van der Waals surface area contributed by atoms with Crippen LogP contribution in [-0.2, 0) is 0 Å². The average molecular weight is 317 g/mol. The summed E-state index contributed by atoms with van der Waals surface area (Å²) in [5, 5.41) is 3.89. The Morgan fingerprint density at radius 3 is 2.46 bits per heavy atom. The number of carbonyl (C=O) groups excluding carboxylic acids is 1. The standard InChI is InChI=1S/C20H15NO3/c22-20(18-13-15-9-4-5-10-16(15)24-18)21-19(17-11-6-12-23-17)14-7-2-1-3-8-14/h1-13,19H,(H,21,22)/t19-/m1/s1. The molecule has 0 spiro atoms. The molecule has 4 nitrogen and oxygen atoms in total. The van der Waals surface area contributed by atoms with Crippen molar-refractivity contribution >= 4 is 16.9 Å². The molecule has 0 fully saturated rings. The highest BCUT2D eigenvalue weighted by molar-refractivity contribution is 5.96. The molecule has 0 radical (unpaired) electrons. The summed E-state index contributed by atoms with van der Waals surface area (Å²) in [5.41, 5.74) is 1.63. The zero-order chi connectivity index (χ0) is 16.4. The molecule has 2 aromatic heterocycles. The quantitative estimate of drug-likeness (QED) is 0.601. The Hall–Kier alpha value is -3.27. The van der Waals surface area contributed by atoms with Crippen LogP contribution in [-0.4, -0.2) is 5.91 Å². The largest absolute Gasteiger partial charge is 0.467 e. The van der Waals surface area contributed by atoms with Crippen molar-refractivity contribution in [3.05, 3.63) is 96.1 Å². The summed E-state index contributed by atoms with van der Waals surface area (Å²) in [5.74, 6) is 0.672. The molecule has 4 heteroatoms. The number of rotatable bonds is 4. The van der Waals surface area contributed by atoms with Crippen LogP contribution < -0.4 is 5.32 Å². The van der Waals surface area contributed by atoms with E-state index in [4.69, 9.17) is 8.83 Å². The lowest BCUT2D eigenvalue weighted by Crippen LogP contribution is -2.28. The van der Waals surface area contributed by atoms with Crippen LogP contribution in [0.5, 0.6) is 0 Å². The highest BCUT2D eigenvalue weighted by Gasteiger charge is 2.22. The van der Waals surface area contributed by atoms with Gasteiger partial charge < -0.3 is 14.2 Å². The number of hydrogen-bond donors (Lipinski definition) is 1. The molecule has 0 saturated heterocycles. The molecule has 1 amide bonds. The van der Waals surface area contributed by atoms with Crippen LogP contribution in [0.25, 0.3) is 11.0 Å². The lowest BCUT2D eigenvalue weighted by atomic mass is 10.0. The first kappa shape index (κ1) is 14.3. The summed E-state index contributed by atoms with van der Waals surface area (Å²) < 4.78 is 11.1. The van der Waals surface area contributed by atoms with Crippen LogP contribution in [0.15, 0.2) is 87.9 Å². The number of para-hydroxylation sites is 1. The van der Waals surface area contributed by atoms with Gasteiger partial charge in [0.25, 0.3) is 5.91 Å². The van der Waals surface area contributed by atoms with Gasteiger partial charge in [-0.1, -0.05) is 48.5 Å². The molecule has 4 aromatic rings. The number of amides is 1. The fourth-order valence-corrected chi connectivity index (χ4v) is 2.72. The van der Waals surface area contributed by atoms with Gasteiger partial charge >= 0.3 is 0 Å². The van der Waals surface area contributed by atoms with Crippen molar-refractivity contribution in [1.29, 1.82) is 0 Å². The maximum atomic E-state index is 12.6. The van der Waals surface area contributed by atoms with E-state index >= 15 is 0 Å². The lowest BCUT2D eigenvalue weighted by molar-refractivity contribution is 0.0913. The lowest BCUT2D eigenvalue weighted by Gasteiger charge is -2.16. The second-order valence-electron chi connectivity index (χ2n) is 5.48. The van der Waals surface area contributed by atoms with Gasteiger partial charge in [0, 0.05) is 5.39 Å². The Balaban J connectivity index is 1.66. The topological polar surface area (TPSA) is 55.4 Å². The highest BCUT2D eigenvalue weighted by Crippen LogP contribution is 2.24. The number of carbonyl (C=O) groups is 1. The molecular weight excluding hydrogens is 302 g/mol. The molecule has 0 unspecified atom stereocenters. The van der Waals surface area contributed by atoms with Crippen molar-refractivity contribution in [1.82, 2.24) is 5.32 Å². The van der Waals surface area contributed by atoms with E-state index in [1.54, 1.807) is 18.4 Å². The molecule has 1 atom stereocenters. The Bertz CT molecular complexity index is 922. The normalized spacial score (nSPS) is 12.2. The number of benzene rings is 2. The number of fused-ring (bicyclic) bond motifs is 1. The molecule has 1 N–H and O–H groups in total. The molecular formula is C20H15NO3. The second-order valence-corrected chi connectivity index (χ2v) is 5.48. The number of furan rings is 2. The van der Waals surface area contributed by atoms with E-state index in [-0.39, 0.29) is 17.7 Å². The highest BCUT2D eigenvalue weighted by atomic mass is 16.3. The van der Waals surface area contributed by atoms with Gasteiger partial charge in [-0.15, -0.1) is 0 Å². The SMILES string of the molecule is O=C(N[C@H](c1ccccc1)c1ccco1)c1cc2ccccc2o1. The van der Waals surface area contributed by atoms with E-state index < -0.39 is 0 Å². The summed E-state index contributed by atoms with van der Waals surface area (Å²) in [6.45, 7) is 0. The van der Waals surface area contributed by atoms with Gasteiger partial charge in [0.1, 0.15) is 17.4 Å². The van der Waals surface area contributed by atoms with Crippen molar-refractivity contribution < 1.29 is 13.6 Å². The molecule has 118 valence electrons. The Morgan fingerprint density at radius 1 is 0.917 bits per heavy atom. The fourth-order valence-electron chi connectivity index (χ4n) is 2.72. The van der Waals surface area contributed by atoms with Crippen LogP contribution >= 0.6 is 0 Å². The third-order valence-electron chi connectivity index (χ3n) is 3.89. The molecule has 4 rings (SSSR count). The summed E-state index contributed by atoms with van der Waals surface area (Å²) in [6, 6.07) is 22.3. The first-order valence-corrected chi connectivity index (χ1v) is 7.69. The van der Waals surface area contributed by atoms with Gasteiger partial charge in [0.05, 0.1) is 6.26 Å². The van der Waals surface area contributed by atoms with Crippen molar-refractivity contribution in [2.75, 3.05) is 0 Å². The van der Waals surface area contributed by atoms with Crippen LogP contribution in [0, 0.1) is 0 Å². The molecule has 2 heterocycles. The van der Waals surface area contributed by atoms with Gasteiger partial charge in [0.2, 0.25) is 0 Å². The van der Waals surface area contributed by atoms with E-state index in [1.165, 1.54) is 0 Å². The van der Waals surface area contributed by atoms with Gasteiger partial charge in [-0.2, -0.15) is 0 Å². The maximum absolute atomic E-state index is 12.6. The summed E-state index contributed by atoms with van der Waals surface area (Å²) in [4.78, 5) is 12.6. The predicted octanol–water partition coefficient (Wildman–Crippen LogP) is 4.55. The first-order chi connectivity index (χ1) is 11.8. The van der Waals surface area contributed by atoms with Gasteiger partial charge in [-0.05, 0) is 29.8 Å². The van der Waals surface area contributed by atoms with Crippen molar-refractivity contribution in [2.45, 2.75) is 6.04 Å². The maximum Gasteiger partial charge on any atom is 0.287 e. The van der Waals surface area contributed by atoms with Gasteiger partial charge in [0.15, 0.2) is 5.76 Å². The third-order valence-corrected chi connectivity index (χ3v) is 3.89. The summed E-state index contributed by atoms with van der Waals surface area (Å²) in [7, 11) is 0. The Labute approximate surface area is 138 Å². The molecule has 0 saturated carbocycles. The van der Waals surface area contributed by atoms with E-state index in [9.17, 15) is 4.79 Å². The zero-order valence-electron chi connectivity index (χ0n) is 12.8. The van der Waals surface area contributed by atoms with Crippen LogP contribution in [0.3, 0.4) is 0 Å². The first-order valence-electron chi connectivity index (χ1n) is 7.69. The molecule has 0 aliphatic carbocycles. The molecule has 0 aliphatic heterocycles. The van der Waals surface area contributed by atoms with Crippen molar-refractivity contribution in [3.63, 3.8) is 0 Å². The number of nitrogens with one attached hydrogen (secondary N) is 1. The molecule has 0 aliphatic rings. The molecule has 0 bridgehead atoms. The monoisotopic (exact) mass is 317 g/mol. The van der Waals surface area contributed by atoms with Crippen LogP contribution in [0.1, 0.15) is 27.9 Å². The van der Waals surface area contributed by atoms with Crippen LogP contribution in [0.2, 0.25) is 0 Å². The Kier molecular flexibility index (Phi) is 3.63. The Morgan fingerprint density at radius 2 is 1.71 bits per heavy atom. The van der Waals surface area contributed by atoms with Crippen molar-refractivity contribution in [3.8, 4) is 0 Å². The van der Waals surface area contributed by atoms with Crippen molar-refractivity contribution in [2.24, 2.45) is 0 Å². The fraction of sp³-hybridized carbons (Fsp3) is 0.0500. The van der Waals surface area contributed by atoms with Gasteiger partial charge in [-0.25, -0.2) is 0 Å². The van der Waals surface area contributed by atoms with Crippen LogP contribution in [0.4, 0.5) is 0 Å². The van der Waals surface area contributed by atoms with E-state index in [2.05, 4.69) is 5.32 Å². The minimum atomic E-state index is -0.373. The minimum Gasteiger partial charge on any atom is -0.467 e. The zero-order valence-corrected chi connectivity index (χ0v) is 12.8. The smallest absolute Gasteiger partial charge is 0.287 e. The molecule has 2 aromatic carbocycles. The third kappa shape index (κ3) is 2.70. The summed E-state index contributed by atoms with van der Waals surface area (Å²) in [6.07, 6.45) is 1.60. The molecule has 24 heavy (non-hydrogen) atoms. The van der Waals surface area contributed by atoms with E-state index in [0.717, 1.165) is 10.9 Å². The predicted molar refractivity (Wildman–Crippen MR) is 90.7 cm³/mol. The average Bonchev–Trinajstić information content (AvgIpc) is 3.29. The van der Waals surface area contributed by atoms with Gasteiger partial charge in [-0.3, -0.25) is 4.79 Å². The van der Waals surface area contributed by atoms with E-state index in [1.807, 2.05) is 60.7 Å². The summed E-state index contributed by atoms with van der Waals surface area (Å²) >= 11 is 0. The number of hydrogen-bond acceptors (Lipinski definition) is 3.